The summed E-state index contributed by atoms with van der Waals surface area (Å²) in [5.74, 6) is 0.0114. The molecule has 0 amide bonds. The SMILES string of the molecule is O=[N+]([O-])c1ccc(O)c(C=NCCN2CCCCC2)c1. The number of non-ortho nitro benzene ring substituents is 1. The minimum absolute atomic E-state index is 0.0114. The molecule has 0 spiro atoms. The van der Waals surface area contributed by atoms with Gasteiger partial charge in [0.25, 0.3) is 5.69 Å². The Balaban J connectivity index is 1.90. The third-order valence-corrected chi connectivity index (χ3v) is 3.45. The third kappa shape index (κ3) is 4.03. The number of benzene rings is 1. The second kappa shape index (κ2) is 7.00. The Morgan fingerprint density at radius 1 is 1.35 bits per heavy atom. The lowest BCUT2D eigenvalue weighted by molar-refractivity contribution is -0.384. The highest BCUT2D eigenvalue weighted by Crippen LogP contribution is 2.21. The fourth-order valence-electron chi connectivity index (χ4n) is 2.30. The fraction of sp³-hybridized carbons (Fsp3) is 0.500. The first-order valence-electron chi connectivity index (χ1n) is 6.86. The van der Waals surface area contributed by atoms with Crippen LogP contribution in [0.5, 0.6) is 5.75 Å². The predicted molar refractivity (Wildman–Crippen MR) is 77.5 cm³/mol. The lowest BCUT2D eigenvalue weighted by atomic mass is 10.1. The molecule has 1 N–H and O–H groups in total. The maximum Gasteiger partial charge on any atom is 0.270 e. The minimum atomic E-state index is -0.482. The Bertz CT molecular complexity index is 496. The van der Waals surface area contributed by atoms with Gasteiger partial charge in [0.15, 0.2) is 0 Å². The Morgan fingerprint density at radius 3 is 2.80 bits per heavy atom. The average Bonchev–Trinajstić information content (AvgIpc) is 2.46. The molecule has 0 aliphatic carbocycles. The molecule has 108 valence electrons. The van der Waals surface area contributed by atoms with Crippen molar-refractivity contribution in [3.8, 4) is 5.75 Å². The molecule has 1 aromatic rings. The molecule has 1 aromatic carbocycles. The molecule has 0 unspecified atom stereocenters. The molecule has 20 heavy (non-hydrogen) atoms. The second-order valence-electron chi connectivity index (χ2n) is 4.94. The molecular weight excluding hydrogens is 258 g/mol. The summed E-state index contributed by atoms with van der Waals surface area (Å²) in [5.41, 5.74) is 0.345. The summed E-state index contributed by atoms with van der Waals surface area (Å²) in [6.45, 7) is 3.78. The Labute approximate surface area is 117 Å². The Hall–Kier alpha value is -1.95. The molecular formula is C14H19N3O3. The first-order chi connectivity index (χ1) is 9.66. The van der Waals surface area contributed by atoms with Crippen molar-refractivity contribution in [1.82, 2.24) is 4.90 Å². The van der Waals surface area contributed by atoms with Gasteiger partial charge in [-0.05, 0) is 32.0 Å². The first kappa shape index (κ1) is 14.5. The number of piperidine rings is 1. The van der Waals surface area contributed by atoms with Gasteiger partial charge in [-0.1, -0.05) is 6.42 Å². The van der Waals surface area contributed by atoms with Gasteiger partial charge in [-0.3, -0.25) is 15.1 Å². The monoisotopic (exact) mass is 277 g/mol. The Morgan fingerprint density at radius 2 is 2.10 bits per heavy atom. The summed E-state index contributed by atoms with van der Waals surface area (Å²) in [6.07, 6.45) is 5.30. The number of nitro benzene ring substituents is 1. The summed E-state index contributed by atoms with van der Waals surface area (Å²) < 4.78 is 0. The third-order valence-electron chi connectivity index (χ3n) is 3.45. The standard InChI is InChI=1S/C14H19N3O3/c18-14-5-4-13(17(19)20)10-12(14)11-15-6-9-16-7-2-1-3-8-16/h4-5,10-11,18H,1-3,6-9H2. The van der Waals surface area contributed by atoms with Crippen molar-refractivity contribution in [1.29, 1.82) is 0 Å². The maximum absolute atomic E-state index is 10.7. The molecule has 6 heteroatoms. The van der Waals surface area contributed by atoms with E-state index >= 15 is 0 Å². The smallest absolute Gasteiger partial charge is 0.270 e. The van der Waals surface area contributed by atoms with Crippen LogP contribution in [0.25, 0.3) is 0 Å². The van der Waals surface area contributed by atoms with Crippen molar-refractivity contribution in [2.24, 2.45) is 4.99 Å². The van der Waals surface area contributed by atoms with Gasteiger partial charge in [0.1, 0.15) is 5.75 Å². The highest BCUT2D eigenvalue weighted by atomic mass is 16.6. The minimum Gasteiger partial charge on any atom is -0.507 e. The van der Waals surface area contributed by atoms with Gasteiger partial charge in [0, 0.05) is 30.5 Å². The molecule has 2 rings (SSSR count). The van der Waals surface area contributed by atoms with Crippen LogP contribution >= 0.6 is 0 Å². The molecule has 0 atom stereocenters. The topological polar surface area (TPSA) is 79.0 Å². The highest BCUT2D eigenvalue weighted by molar-refractivity contribution is 5.84. The van der Waals surface area contributed by atoms with Crippen LogP contribution in [0, 0.1) is 10.1 Å². The van der Waals surface area contributed by atoms with E-state index in [2.05, 4.69) is 9.89 Å². The van der Waals surface area contributed by atoms with E-state index in [0.29, 0.717) is 12.1 Å². The summed E-state index contributed by atoms with van der Waals surface area (Å²) in [6, 6.07) is 3.93. The van der Waals surface area contributed by atoms with Gasteiger partial charge in [-0.15, -0.1) is 0 Å². The maximum atomic E-state index is 10.7. The van der Waals surface area contributed by atoms with Crippen molar-refractivity contribution in [2.45, 2.75) is 19.3 Å². The molecule has 0 aromatic heterocycles. The lowest BCUT2D eigenvalue weighted by Crippen LogP contribution is -2.31. The molecule has 1 aliphatic rings. The number of phenolic OH excluding ortho intramolecular Hbond substituents is 1. The molecule has 6 nitrogen and oxygen atoms in total. The van der Waals surface area contributed by atoms with Gasteiger partial charge in [-0.2, -0.15) is 0 Å². The summed E-state index contributed by atoms with van der Waals surface area (Å²) in [4.78, 5) is 16.8. The zero-order valence-electron chi connectivity index (χ0n) is 11.4. The van der Waals surface area contributed by atoms with Gasteiger partial charge < -0.3 is 10.0 Å². The molecule has 1 fully saturated rings. The quantitative estimate of drug-likeness (QED) is 0.508. The lowest BCUT2D eigenvalue weighted by Gasteiger charge is -2.25. The van der Waals surface area contributed by atoms with E-state index in [0.717, 1.165) is 19.6 Å². The predicted octanol–water partition coefficient (Wildman–Crippen LogP) is 2.21. The molecule has 1 saturated heterocycles. The molecule has 0 radical (unpaired) electrons. The number of hydrogen-bond acceptors (Lipinski definition) is 5. The van der Waals surface area contributed by atoms with Gasteiger partial charge in [0.2, 0.25) is 0 Å². The van der Waals surface area contributed by atoms with Gasteiger partial charge in [0.05, 0.1) is 11.5 Å². The molecule has 1 heterocycles. The van der Waals surface area contributed by atoms with Crippen LogP contribution in [0.2, 0.25) is 0 Å². The number of phenols is 1. The van der Waals surface area contributed by atoms with E-state index in [-0.39, 0.29) is 11.4 Å². The van der Waals surface area contributed by atoms with Crippen LogP contribution in [0.4, 0.5) is 5.69 Å². The molecule has 0 saturated carbocycles. The van der Waals surface area contributed by atoms with Crippen LogP contribution in [0.3, 0.4) is 0 Å². The number of rotatable bonds is 5. The number of aliphatic imine (C=N–C) groups is 1. The van der Waals surface area contributed by atoms with Gasteiger partial charge >= 0.3 is 0 Å². The normalized spacial score (nSPS) is 16.6. The summed E-state index contributed by atoms with van der Waals surface area (Å²) >= 11 is 0. The van der Waals surface area contributed by atoms with Crippen molar-refractivity contribution in [3.05, 3.63) is 33.9 Å². The number of likely N-dealkylation sites (tertiary alicyclic amines) is 1. The number of aromatic hydroxyl groups is 1. The zero-order valence-corrected chi connectivity index (χ0v) is 11.4. The Kier molecular flexibility index (Phi) is 5.06. The summed E-state index contributed by atoms with van der Waals surface area (Å²) in [7, 11) is 0. The number of nitro groups is 1. The first-order valence-corrected chi connectivity index (χ1v) is 6.86. The van der Waals surface area contributed by atoms with E-state index in [4.69, 9.17) is 0 Å². The van der Waals surface area contributed by atoms with E-state index in [1.54, 1.807) is 0 Å². The van der Waals surface area contributed by atoms with E-state index in [9.17, 15) is 15.2 Å². The van der Waals surface area contributed by atoms with Crippen molar-refractivity contribution < 1.29 is 10.0 Å². The van der Waals surface area contributed by atoms with Crippen LogP contribution in [0.1, 0.15) is 24.8 Å². The summed E-state index contributed by atoms with van der Waals surface area (Å²) in [5, 5.41) is 20.3. The van der Waals surface area contributed by atoms with Crippen LogP contribution in [-0.2, 0) is 0 Å². The number of nitrogens with zero attached hydrogens (tertiary/aromatic N) is 3. The second-order valence-corrected chi connectivity index (χ2v) is 4.94. The van der Waals surface area contributed by atoms with Crippen LogP contribution in [0.15, 0.2) is 23.2 Å². The highest BCUT2D eigenvalue weighted by Gasteiger charge is 2.10. The van der Waals surface area contributed by atoms with Crippen LogP contribution < -0.4 is 0 Å². The van der Waals surface area contributed by atoms with E-state index < -0.39 is 4.92 Å². The van der Waals surface area contributed by atoms with E-state index in [1.807, 2.05) is 0 Å². The number of hydrogen-bond donors (Lipinski definition) is 1. The molecule has 1 aliphatic heterocycles. The fourth-order valence-corrected chi connectivity index (χ4v) is 2.30. The largest absolute Gasteiger partial charge is 0.507 e. The van der Waals surface area contributed by atoms with Crippen molar-refractivity contribution in [3.63, 3.8) is 0 Å². The van der Waals surface area contributed by atoms with Crippen LogP contribution in [-0.4, -0.2) is 47.3 Å². The van der Waals surface area contributed by atoms with Gasteiger partial charge in [-0.25, -0.2) is 0 Å². The van der Waals surface area contributed by atoms with Crippen molar-refractivity contribution in [2.75, 3.05) is 26.2 Å². The van der Waals surface area contributed by atoms with E-state index in [1.165, 1.54) is 43.7 Å². The zero-order chi connectivity index (χ0) is 14.4. The molecule has 0 bridgehead atoms. The van der Waals surface area contributed by atoms with Crippen molar-refractivity contribution >= 4 is 11.9 Å². The average molecular weight is 277 g/mol.